The number of rotatable bonds is 3. The van der Waals surface area contributed by atoms with Crippen molar-refractivity contribution in [3.8, 4) is 0 Å². The van der Waals surface area contributed by atoms with E-state index >= 15 is 0 Å². The molecule has 4 rings (SSSR count). The average Bonchev–Trinajstić information content (AvgIpc) is 3.25. The molecule has 1 amide bonds. The molecule has 23 heavy (non-hydrogen) atoms. The van der Waals surface area contributed by atoms with Crippen LogP contribution < -0.4 is 0 Å². The van der Waals surface area contributed by atoms with Crippen molar-refractivity contribution in [3.05, 3.63) is 47.6 Å². The Morgan fingerprint density at radius 1 is 1.35 bits per heavy atom. The Kier molecular flexibility index (Phi) is 3.61. The molecule has 2 aromatic rings. The molecular weight excluding hydrogens is 292 g/mol. The van der Waals surface area contributed by atoms with Gasteiger partial charge in [-0.15, -0.1) is 0 Å². The fourth-order valence-corrected chi connectivity index (χ4v) is 3.90. The van der Waals surface area contributed by atoms with Gasteiger partial charge in [-0.1, -0.05) is 11.2 Å². The van der Waals surface area contributed by atoms with Crippen LogP contribution in [0.1, 0.15) is 34.5 Å². The first-order valence-corrected chi connectivity index (χ1v) is 8.09. The van der Waals surface area contributed by atoms with E-state index < -0.39 is 0 Å². The maximum absolute atomic E-state index is 12.7. The van der Waals surface area contributed by atoms with E-state index in [1.165, 1.54) is 11.8 Å². The van der Waals surface area contributed by atoms with Crippen LogP contribution in [0.5, 0.6) is 0 Å². The van der Waals surface area contributed by atoms with Gasteiger partial charge in [0.2, 0.25) is 0 Å². The van der Waals surface area contributed by atoms with Gasteiger partial charge in [0.05, 0.1) is 5.69 Å². The number of fused-ring (bicyclic) bond motifs is 1. The highest BCUT2D eigenvalue weighted by Crippen LogP contribution is 2.33. The summed E-state index contributed by atoms with van der Waals surface area (Å²) in [5, 5.41) is 3.83. The normalized spacial score (nSPS) is 24.1. The highest BCUT2D eigenvalue weighted by atomic mass is 16.5. The van der Waals surface area contributed by atoms with Gasteiger partial charge in [0.1, 0.15) is 11.8 Å². The molecule has 0 saturated carbocycles. The van der Waals surface area contributed by atoms with Crippen molar-refractivity contribution in [3.63, 3.8) is 0 Å². The van der Waals surface area contributed by atoms with Crippen molar-refractivity contribution in [1.29, 1.82) is 0 Å². The minimum atomic E-state index is 0.0551. The Morgan fingerprint density at radius 2 is 2.22 bits per heavy atom. The van der Waals surface area contributed by atoms with Gasteiger partial charge >= 0.3 is 0 Å². The van der Waals surface area contributed by atoms with Crippen LogP contribution in [0, 0.1) is 6.92 Å². The second kappa shape index (κ2) is 5.77. The van der Waals surface area contributed by atoms with E-state index in [2.05, 4.69) is 21.1 Å². The molecule has 0 aromatic carbocycles. The van der Waals surface area contributed by atoms with E-state index in [9.17, 15) is 4.79 Å². The summed E-state index contributed by atoms with van der Waals surface area (Å²) in [5.74, 6) is 0.0551. The maximum Gasteiger partial charge on any atom is 0.259 e. The van der Waals surface area contributed by atoms with E-state index in [0.29, 0.717) is 23.3 Å². The van der Waals surface area contributed by atoms with Crippen LogP contribution in [0.4, 0.5) is 0 Å². The standard InChI is InChI=1S/C17H20N4O2/c1-12-14(11-23-19-12)17(22)21-8-5-15-16(21)4-7-20(15)10-13-3-2-6-18-9-13/h2-3,6,9,11,15-16H,4-5,7-8,10H2,1H3/t15-,16+/m0/s1. The molecule has 2 saturated heterocycles. The van der Waals surface area contributed by atoms with E-state index in [0.717, 1.165) is 32.5 Å². The minimum absolute atomic E-state index is 0.0551. The summed E-state index contributed by atoms with van der Waals surface area (Å²) >= 11 is 0. The second-order valence-electron chi connectivity index (χ2n) is 6.36. The molecule has 6 heteroatoms. The molecule has 0 spiro atoms. The molecule has 0 unspecified atom stereocenters. The summed E-state index contributed by atoms with van der Waals surface area (Å²) < 4.78 is 4.92. The zero-order chi connectivity index (χ0) is 15.8. The summed E-state index contributed by atoms with van der Waals surface area (Å²) in [6.07, 6.45) is 7.24. The monoisotopic (exact) mass is 312 g/mol. The third kappa shape index (κ3) is 2.53. The Hall–Kier alpha value is -2.21. The molecule has 2 aliphatic heterocycles. The van der Waals surface area contributed by atoms with Gasteiger partial charge in [-0.05, 0) is 31.4 Å². The van der Waals surface area contributed by atoms with E-state index in [4.69, 9.17) is 4.52 Å². The number of carbonyl (C=O) groups is 1. The topological polar surface area (TPSA) is 62.5 Å². The van der Waals surface area contributed by atoms with Crippen LogP contribution in [0.2, 0.25) is 0 Å². The number of nitrogens with zero attached hydrogens (tertiary/aromatic N) is 4. The Balaban J connectivity index is 1.48. The highest BCUT2D eigenvalue weighted by molar-refractivity contribution is 5.95. The third-order valence-corrected chi connectivity index (χ3v) is 5.04. The number of hydrogen-bond donors (Lipinski definition) is 0. The molecular formula is C17H20N4O2. The van der Waals surface area contributed by atoms with Gasteiger partial charge < -0.3 is 9.42 Å². The number of carbonyl (C=O) groups excluding carboxylic acids is 1. The van der Waals surface area contributed by atoms with Crippen LogP contribution in [0.25, 0.3) is 0 Å². The summed E-state index contributed by atoms with van der Waals surface area (Å²) in [7, 11) is 0. The lowest BCUT2D eigenvalue weighted by Gasteiger charge is -2.25. The van der Waals surface area contributed by atoms with Crippen LogP contribution in [0.3, 0.4) is 0 Å². The fraction of sp³-hybridized carbons (Fsp3) is 0.471. The van der Waals surface area contributed by atoms with Gasteiger partial charge in [0.15, 0.2) is 0 Å². The lowest BCUT2D eigenvalue weighted by Crippen LogP contribution is -2.39. The predicted octanol–water partition coefficient (Wildman–Crippen LogP) is 1.87. The van der Waals surface area contributed by atoms with Crippen molar-refractivity contribution in [2.24, 2.45) is 0 Å². The fourth-order valence-electron chi connectivity index (χ4n) is 3.90. The number of aromatic nitrogens is 2. The lowest BCUT2D eigenvalue weighted by molar-refractivity contribution is 0.0730. The molecule has 2 aliphatic rings. The van der Waals surface area contributed by atoms with Gasteiger partial charge in [0, 0.05) is 44.1 Å². The van der Waals surface area contributed by atoms with Crippen molar-refractivity contribution in [2.75, 3.05) is 13.1 Å². The smallest absolute Gasteiger partial charge is 0.259 e. The number of amides is 1. The zero-order valence-electron chi connectivity index (χ0n) is 13.2. The van der Waals surface area contributed by atoms with Crippen LogP contribution in [0.15, 0.2) is 35.3 Å². The minimum Gasteiger partial charge on any atom is -0.364 e. The summed E-state index contributed by atoms with van der Waals surface area (Å²) in [6, 6.07) is 4.83. The van der Waals surface area contributed by atoms with Crippen molar-refractivity contribution < 1.29 is 9.32 Å². The van der Waals surface area contributed by atoms with Crippen LogP contribution in [-0.4, -0.2) is 51.0 Å². The lowest BCUT2D eigenvalue weighted by atomic mass is 10.1. The summed E-state index contributed by atoms with van der Waals surface area (Å²) in [4.78, 5) is 21.4. The Morgan fingerprint density at radius 3 is 2.96 bits per heavy atom. The van der Waals surface area contributed by atoms with E-state index in [1.54, 1.807) is 6.20 Å². The molecule has 2 atom stereocenters. The predicted molar refractivity (Wildman–Crippen MR) is 83.7 cm³/mol. The molecule has 0 radical (unpaired) electrons. The Bertz CT molecular complexity index is 700. The molecule has 6 nitrogen and oxygen atoms in total. The SMILES string of the molecule is Cc1nocc1C(=O)N1CC[C@H]2[C@H]1CCN2Cc1cccnc1. The van der Waals surface area contributed by atoms with Crippen molar-refractivity contribution in [1.82, 2.24) is 19.9 Å². The first kappa shape index (κ1) is 14.4. The molecule has 4 heterocycles. The highest BCUT2D eigenvalue weighted by Gasteiger charge is 2.44. The molecule has 2 aromatic heterocycles. The molecule has 0 N–H and O–H groups in total. The second-order valence-corrected chi connectivity index (χ2v) is 6.36. The first-order valence-electron chi connectivity index (χ1n) is 8.09. The van der Waals surface area contributed by atoms with Crippen molar-refractivity contribution in [2.45, 2.75) is 38.4 Å². The Labute approximate surface area is 135 Å². The van der Waals surface area contributed by atoms with Crippen molar-refractivity contribution >= 4 is 5.91 Å². The van der Waals surface area contributed by atoms with Gasteiger partial charge in [0.25, 0.3) is 5.91 Å². The first-order chi connectivity index (χ1) is 11.2. The van der Waals surface area contributed by atoms with Gasteiger partial charge in [-0.3, -0.25) is 14.7 Å². The largest absolute Gasteiger partial charge is 0.364 e. The van der Waals surface area contributed by atoms with Crippen LogP contribution >= 0.6 is 0 Å². The number of hydrogen-bond acceptors (Lipinski definition) is 5. The third-order valence-electron chi connectivity index (χ3n) is 5.04. The summed E-state index contributed by atoms with van der Waals surface area (Å²) in [6.45, 7) is 4.55. The van der Waals surface area contributed by atoms with E-state index in [1.807, 2.05) is 24.1 Å². The quantitative estimate of drug-likeness (QED) is 0.866. The summed E-state index contributed by atoms with van der Waals surface area (Å²) in [5.41, 5.74) is 2.49. The zero-order valence-corrected chi connectivity index (χ0v) is 13.2. The number of likely N-dealkylation sites (tertiary alicyclic amines) is 2. The maximum atomic E-state index is 12.7. The number of aryl methyl sites for hydroxylation is 1. The van der Waals surface area contributed by atoms with Gasteiger partial charge in [-0.25, -0.2) is 0 Å². The van der Waals surface area contributed by atoms with Gasteiger partial charge in [-0.2, -0.15) is 0 Å². The molecule has 0 aliphatic carbocycles. The van der Waals surface area contributed by atoms with E-state index in [-0.39, 0.29) is 5.91 Å². The molecule has 0 bridgehead atoms. The average molecular weight is 312 g/mol. The molecule has 2 fully saturated rings. The van der Waals surface area contributed by atoms with Crippen LogP contribution in [-0.2, 0) is 6.54 Å². The number of pyridine rings is 1. The molecule has 120 valence electrons.